The van der Waals surface area contributed by atoms with Crippen LogP contribution >= 0.6 is 11.6 Å². The predicted octanol–water partition coefficient (Wildman–Crippen LogP) is 4.23. The number of rotatable bonds is 7. The number of hydrogen-bond acceptors (Lipinski definition) is 6. The Morgan fingerprint density at radius 2 is 1.88 bits per heavy atom. The summed E-state index contributed by atoms with van der Waals surface area (Å²) in [5, 5.41) is 4.45. The molecule has 2 rings (SSSR count). The van der Waals surface area contributed by atoms with Crippen LogP contribution in [0.25, 0.3) is 0 Å². The molecule has 0 unspecified atom stereocenters. The fourth-order valence-electron chi connectivity index (χ4n) is 2.21. The van der Waals surface area contributed by atoms with Gasteiger partial charge in [-0.15, -0.1) is 0 Å². The zero-order valence-electron chi connectivity index (χ0n) is 14.9. The summed E-state index contributed by atoms with van der Waals surface area (Å²) in [5.74, 6) is -0.106. The van der Waals surface area contributed by atoms with Crippen molar-refractivity contribution in [3.8, 4) is 5.75 Å². The maximum Gasteiger partial charge on any atom is 0.349 e. The maximum atomic E-state index is 12.4. The van der Waals surface area contributed by atoms with Crippen LogP contribution in [0.4, 0.5) is 0 Å². The van der Waals surface area contributed by atoms with Crippen LogP contribution in [0.2, 0.25) is 5.02 Å². The molecule has 0 aliphatic carbocycles. The topological polar surface area (TPSA) is 78.1 Å². The van der Waals surface area contributed by atoms with Crippen molar-refractivity contribution in [1.29, 1.82) is 0 Å². The summed E-state index contributed by atoms with van der Waals surface area (Å²) in [6.07, 6.45) is 0.882. The zero-order chi connectivity index (χ0) is 19.1. The average Bonchev–Trinajstić information content (AvgIpc) is 2.64. The summed E-state index contributed by atoms with van der Waals surface area (Å²) in [4.78, 5) is 29.9. The summed E-state index contributed by atoms with van der Waals surface area (Å²) in [7, 11) is 0. The van der Waals surface area contributed by atoms with Crippen LogP contribution in [-0.2, 0) is 11.3 Å². The second kappa shape index (κ2) is 9.20. The number of oxime groups is 1. The lowest BCUT2D eigenvalue weighted by Crippen LogP contribution is -2.20. The number of hydrogen-bond donors (Lipinski definition) is 0. The van der Waals surface area contributed by atoms with Gasteiger partial charge in [0, 0.05) is 17.5 Å². The molecule has 2 aromatic rings. The monoisotopic (exact) mass is 377 g/mol. The molecular weight excluding hydrogens is 358 g/mol. The summed E-state index contributed by atoms with van der Waals surface area (Å²) < 4.78 is 10.7. The van der Waals surface area contributed by atoms with Crippen molar-refractivity contribution in [2.75, 3.05) is 6.61 Å². The fraction of sp³-hybridized carbons (Fsp3) is 0.316. The first-order valence-corrected chi connectivity index (χ1v) is 8.71. The van der Waals surface area contributed by atoms with E-state index >= 15 is 0 Å². The number of carbonyl (C=O) groups excluding carboxylic acids is 1. The highest BCUT2D eigenvalue weighted by Gasteiger charge is 2.21. The van der Waals surface area contributed by atoms with Gasteiger partial charge in [-0.3, -0.25) is 0 Å². The first kappa shape index (κ1) is 19.7. The van der Waals surface area contributed by atoms with Crippen LogP contribution in [0.1, 0.15) is 48.9 Å². The molecule has 7 heteroatoms. The minimum Gasteiger partial charge on any atom is -0.427 e. The maximum absolute atomic E-state index is 12.4. The van der Waals surface area contributed by atoms with Gasteiger partial charge in [-0.25, -0.2) is 9.59 Å². The van der Waals surface area contributed by atoms with E-state index in [2.05, 4.69) is 5.16 Å². The standard InChI is InChI=1S/C19H20ClNO5/c1-4-14-11-16(26-18(22)12-7-9-13(20)10-8-12)17(19(23)25-14)15(5-2)21-24-6-3/h7-11H,4-6H2,1-3H3. The molecule has 0 bridgehead atoms. The summed E-state index contributed by atoms with van der Waals surface area (Å²) in [6.45, 7) is 5.77. The van der Waals surface area contributed by atoms with Crippen LogP contribution in [0.3, 0.4) is 0 Å². The Morgan fingerprint density at radius 3 is 2.46 bits per heavy atom. The highest BCUT2D eigenvalue weighted by atomic mass is 35.5. The Hall–Kier alpha value is -2.60. The molecule has 0 atom stereocenters. The van der Waals surface area contributed by atoms with E-state index in [1.165, 1.54) is 6.07 Å². The molecule has 0 spiro atoms. The molecule has 0 aliphatic rings. The zero-order valence-corrected chi connectivity index (χ0v) is 15.6. The average molecular weight is 378 g/mol. The predicted molar refractivity (Wildman–Crippen MR) is 99.2 cm³/mol. The molecule has 138 valence electrons. The minimum absolute atomic E-state index is 0.0838. The SMILES string of the molecule is CCON=C(CC)c1c(OC(=O)c2ccc(Cl)cc2)cc(CC)oc1=O. The van der Waals surface area contributed by atoms with E-state index in [1.807, 2.05) is 13.8 Å². The lowest BCUT2D eigenvalue weighted by Gasteiger charge is -2.11. The third kappa shape index (κ3) is 4.73. The Bertz CT molecular complexity index is 855. The van der Waals surface area contributed by atoms with E-state index in [0.717, 1.165) is 0 Å². The van der Waals surface area contributed by atoms with Gasteiger partial charge >= 0.3 is 11.6 Å². The molecule has 0 saturated heterocycles. The molecule has 0 aliphatic heterocycles. The first-order valence-electron chi connectivity index (χ1n) is 8.34. The Labute approximate surface area is 156 Å². The molecule has 26 heavy (non-hydrogen) atoms. The third-order valence-electron chi connectivity index (χ3n) is 3.52. The Kier molecular flexibility index (Phi) is 6.97. The highest BCUT2D eigenvalue weighted by Crippen LogP contribution is 2.22. The minimum atomic E-state index is -0.622. The molecule has 1 heterocycles. The summed E-state index contributed by atoms with van der Waals surface area (Å²) in [6, 6.07) is 7.80. The van der Waals surface area contributed by atoms with Gasteiger partial charge in [0.1, 0.15) is 17.9 Å². The van der Waals surface area contributed by atoms with Gasteiger partial charge in [0.2, 0.25) is 0 Å². The van der Waals surface area contributed by atoms with Crippen molar-refractivity contribution >= 4 is 23.3 Å². The molecule has 0 saturated carbocycles. The van der Waals surface area contributed by atoms with Gasteiger partial charge < -0.3 is 14.0 Å². The van der Waals surface area contributed by atoms with Crippen LogP contribution < -0.4 is 10.4 Å². The lowest BCUT2D eigenvalue weighted by atomic mass is 10.1. The summed E-state index contributed by atoms with van der Waals surface area (Å²) in [5.41, 5.74) is 0.123. The molecule has 0 radical (unpaired) electrons. The Balaban J connectivity index is 2.48. The number of halogens is 1. The highest BCUT2D eigenvalue weighted by molar-refractivity contribution is 6.30. The van der Waals surface area contributed by atoms with Crippen molar-refractivity contribution in [1.82, 2.24) is 0 Å². The molecule has 0 N–H and O–H groups in total. The van der Waals surface area contributed by atoms with Crippen molar-refractivity contribution in [3.05, 3.63) is 62.7 Å². The van der Waals surface area contributed by atoms with Crippen molar-refractivity contribution in [2.24, 2.45) is 5.16 Å². The van der Waals surface area contributed by atoms with Crippen molar-refractivity contribution in [3.63, 3.8) is 0 Å². The molecule has 0 amide bonds. The van der Waals surface area contributed by atoms with Gasteiger partial charge in [0.25, 0.3) is 0 Å². The largest absolute Gasteiger partial charge is 0.427 e. The van der Waals surface area contributed by atoms with Gasteiger partial charge in [-0.05, 0) is 37.6 Å². The van der Waals surface area contributed by atoms with Gasteiger partial charge in [0.05, 0.1) is 11.3 Å². The van der Waals surface area contributed by atoms with Gasteiger partial charge in [-0.2, -0.15) is 0 Å². The second-order valence-electron chi connectivity index (χ2n) is 5.30. The van der Waals surface area contributed by atoms with E-state index < -0.39 is 11.6 Å². The first-order chi connectivity index (χ1) is 12.5. The smallest absolute Gasteiger partial charge is 0.349 e. The van der Waals surface area contributed by atoms with Gasteiger partial charge in [-0.1, -0.05) is 30.6 Å². The fourth-order valence-corrected chi connectivity index (χ4v) is 2.33. The van der Waals surface area contributed by atoms with E-state index in [4.69, 9.17) is 25.6 Å². The number of carbonyl (C=O) groups is 1. The molecule has 1 aromatic heterocycles. The third-order valence-corrected chi connectivity index (χ3v) is 3.78. The van der Waals surface area contributed by atoms with Gasteiger partial charge in [0.15, 0.2) is 5.75 Å². The second-order valence-corrected chi connectivity index (χ2v) is 5.74. The lowest BCUT2D eigenvalue weighted by molar-refractivity contribution is 0.0733. The van der Waals surface area contributed by atoms with Crippen molar-refractivity contribution in [2.45, 2.75) is 33.6 Å². The van der Waals surface area contributed by atoms with E-state index in [0.29, 0.717) is 41.5 Å². The van der Waals surface area contributed by atoms with Crippen LogP contribution in [0, 0.1) is 0 Å². The summed E-state index contributed by atoms with van der Waals surface area (Å²) >= 11 is 5.84. The number of aryl methyl sites for hydroxylation is 1. The molecule has 6 nitrogen and oxygen atoms in total. The van der Waals surface area contributed by atoms with Crippen LogP contribution in [0.5, 0.6) is 5.75 Å². The number of esters is 1. The van der Waals surface area contributed by atoms with Crippen LogP contribution in [0.15, 0.2) is 44.7 Å². The van der Waals surface area contributed by atoms with Crippen LogP contribution in [-0.4, -0.2) is 18.3 Å². The quantitative estimate of drug-likeness (QED) is 0.410. The molecule has 1 aromatic carbocycles. The van der Waals surface area contributed by atoms with E-state index in [-0.39, 0.29) is 11.3 Å². The van der Waals surface area contributed by atoms with E-state index in [1.54, 1.807) is 31.2 Å². The molecule has 0 fully saturated rings. The number of ether oxygens (including phenoxy) is 1. The molecular formula is C19H20ClNO5. The number of nitrogens with zero attached hydrogens (tertiary/aromatic N) is 1. The van der Waals surface area contributed by atoms with Crippen molar-refractivity contribution < 1.29 is 18.8 Å². The Morgan fingerprint density at radius 1 is 1.19 bits per heavy atom. The normalized spacial score (nSPS) is 11.3. The number of benzene rings is 1. The van der Waals surface area contributed by atoms with E-state index in [9.17, 15) is 9.59 Å².